The number of hydrogen-bond acceptors (Lipinski definition) is 4. The van der Waals surface area contributed by atoms with Crippen molar-refractivity contribution in [1.82, 2.24) is 0 Å². The van der Waals surface area contributed by atoms with Crippen LogP contribution in [-0.4, -0.2) is 0 Å². The molecule has 0 bridgehead atoms. The average Bonchev–Trinajstić information content (AvgIpc) is 1.54. The molecule has 0 heterocycles. The molecule has 4 nitrogen and oxygen atoms in total. The fourth-order valence-corrected chi connectivity index (χ4v) is 24.7. The summed E-state index contributed by atoms with van der Waals surface area (Å²) in [6.07, 6.45) is 6.48. The highest BCUT2D eigenvalue weighted by molar-refractivity contribution is 5.97. The molecule has 0 saturated heterocycles. The maximum atomic E-state index is 15.6. The van der Waals surface area contributed by atoms with E-state index in [1.807, 2.05) is 24.3 Å². The Bertz CT molecular complexity index is 7990. The zero-order chi connectivity index (χ0) is 94.7. The molecule has 6 aliphatic rings. The molecule has 0 saturated carbocycles. The van der Waals surface area contributed by atoms with Gasteiger partial charge in [-0.1, -0.05) is 284 Å². The highest BCUT2D eigenvalue weighted by Crippen LogP contribution is 2.64. The van der Waals surface area contributed by atoms with Gasteiger partial charge in [-0.15, -0.1) is 0 Å². The number of rotatable bonds is 20. The van der Waals surface area contributed by atoms with Crippen molar-refractivity contribution in [2.75, 3.05) is 19.6 Å². The number of hydrogen-bond donors (Lipinski definition) is 0. The molecule has 141 heavy (non-hydrogen) atoms. The number of benzene rings is 20. The Morgan fingerprint density at radius 3 is 0.660 bits per heavy atom. The lowest BCUT2D eigenvalue weighted by Crippen LogP contribution is -2.31. The zero-order valence-electron chi connectivity index (χ0n) is 79.9. The molecule has 676 valence electrons. The van der Waals surface area contributed by atoms with Gasteiger partial charge in [0, 0.05) is 68.2 Å². The van der Waals surface area contributed by atoms with Gasteiger partial charge in [0.2, 0.25) is 0 Å². The number of halogens is 2. The summed E-state index contributed by atoms with van der Waals surface area (Å²) in [7, 11) is 0. The van der Waals surface area contributed by atoms with E-state index in [4.69, 9.17) is 0 Å². The average molecular weight is 1820 g/mol. The van der Waals surface area contributed by atoms with Crippen LogP contribution in [-0.2, 0) is 54.8 Å². The maximum absolute atomic E-state index is 15.6. The van der Waals surface area contributed by atoms with E-state index in [1.54, 1.807) is 24.3 Å². The van der Waals surface area contributed by atoms with Gasteiger partial charge >= 0.3 is 0 Å². The van der Waals surface area contributed by atoms with E-state index in [0.717, 1.165) is 162 Å². The lowest BCUT2D eigenvalue weighted by Gasteiger charge is -2.38. The smallest absolute Gasteiger partial charge is 0.123 e. The van der Waals surface area contributed by atoms with Gasteiger partial charge in [-0.2, -0.15) is 0 Å². The summed E-state index contributed by atoms with van der Waals surface area (Å²) in [6.45, 7) is 13.5. The molecular formula is C135H102F2N4. The van der Waals surface area contributed by atoms with Crippen LogP contribution in [0.25, 0.3) is 55.6 Å². The summed E-state index contributed by atoms with van der Waals surface area (Å²) in [5.41, 5.74) is 52.3. The minimum Gasteiger partial charge on any atom is -0.310 e. The summed E-state index contributed by atoms with van der Waals surface area (Å²) in [6, 6.07) is 161. The van der Waals surface area contributed by atoms with Gasteiger partial charge in [-0.3, -0.25) is 0 Å². The van der Waals surface area contributed by atoms with Gasteiger partial charge in [0.25, 0.3) is 0 Å². The highest BCUT2D eigenvalue weighted by atomic mass is 19.1. The standard InChI is InChI=1S/C135H102F2N4/c1-85-25-28-88(4)126(75-85)133(101-48-37-95-31-34-98(95)78-101)124-23-15-13-21-118(124)120-71-67-114(81-129(120)133)138(106-17-9-7-10-18-106)108-55-40-91(41-56-108)93-44-59-110(60-45-93)140(112-63-51-104(136)52-64-112)116-69-73-122-123-74-70-117(84-132(123)135(131(122)83-116,128-77-87(3)27-30-90(128)6)103-50-39-97-33-36-100(97)80-103)141(113-65-53-105(137)54-66-113)111-61-46-94(47-62-111)92-42-57-109(58-43-92)139(107-19-11-8-12-20-107)115-68-72-121-119-22-14-16-24-125(119)134(130(121)82-115,127-76-86(2)26-29-89(127)5)102-49-38-96-32-35-99(96)79-102/h7-30,37-84H,31-36H2,1-6H3. The number of anilines is 12. The maximum Gasteiger partial charge on any atom is 0.123 e. The van der Waals surface area contributed by atoms with E-state index < -0.39 is 16.2 Å². The van der Waals surface area contributed by atoms with Crippen LogP contribution in [0.15, 0.2) is 437 Å². The second-order valence-corrected chi connectivity index (χ2v) is 39.8. The first-order valence-corrected chi connectivity index (χ1v) is 49.7. The predicted molar refractivity (Wildman–Crippen MR) is 579 cm³/mol. The first-order valence-electron chi connectivity index (χ1n) is 49.7. The summed E-state index contributed by atoms with van der Waals surface area (Å²) in [4.78, 5) is 9.39. The van der Waals surface area contributed by atoms with Crippen LogP contribution in [0.3, 0.4) is 0 Å². The van der Waals surface area contributed by atoms with Crippen molar-refractivity contribution in [3.8, 4) is 55.6 Å². The molecular weight excluding hydrogens is 1720 g/mol. The van der Waals surface area contributed by atoms with E-state index >= 15 is 8.78 Å². The molecule has 0 aromatic heterocycles. The minimum atomic E-state index is -0.876. The largest absolute Gasteiger partial charge is 0.310 e. The molecule has 0 N–H and O–H groups in total. The predicted octanol–water partition coefficient (Wildman–Crippen LogP) is 34.4. The van der Waals surface area contributed by atoms with Crippen LogP contribution >= 0.6 is 0 Å². The first-order chi connectivity index (χ1) is 69.1. The molecule has 0 fully saturated rings. The Morgan fingerprint density at radius 2 is 0.397 bits per heavy atom. The van der Waals surface area contributed by atoms with Crippen LogP contribution < -0.4 is 19.6 Å². The molecule has 20 aromatic rings. The van der Waals surface area contributed by atoms with E-state index in [9.17, 15) is 0 Å². The van der Waals surface area contributed by atoms with Crippen molar-refractivity contribution >= 4 is 68.2 Å². The molecule has 0 aliphatic heterocycles. The highest BCUT2D eigenvalue weighted by Gasteiger charge is 2.52. The second kappa shape index (κ2) is 33.4. The normalized spacial score (nSPS) is 16.0. The summed E-state index contributed by atoms with van der Waals surface area (Å²) in [5.74, 6) is -0.615. The monoisotopic (exact) mass is 1820 g/mol. The lowest BCUT2D eigenvalue weighted by atomic mass is 9.65. The van der Waals surface area contributed by atoms with E-state index in [2.05, 4.69) is 449 Å². The number of nitrogens with zero attached hydrogens (tertiary/aromatic N) is 4. The van der Waals surface area contributed by atoms with Gasteiger partial charge in [-0.25, -0.2) is 8.78 Å². The van der Waals surface area contributed by atoms with Crippen LogP contribution in [0.2, 0.25) is 0 Å². The van der Waals surface area contributed by atoms with Crippen LogP contribution in [0.4, 0.5) is 77.0 Å². The van der Waals surface area contributed by atoms with Crippen LogP contribution in [0.5, 0.6) is 0 Å². The van der Waals surface area contributed by atoms with Crippen molar-refractivity contribution in [3.05, 3.63) is 582 Å². The van der Waals surface area contributed by atoms with Crippen molar-refractivity contribution < 1.29 is 8.78 Å². The third-order valence-corrected chi connectivity index (χ3v) is 31.9. The third-order valence-electron chi connectivity index (χ3n) is 31.9. The third kappa shape index (κ3) is 13.6. The molecule has 2 atom stereocenters. The number of para-hydroxylation sites is 2. The van der Waals surface area contributed by atoms with Crippen molar-refractivity contribution in [3.63, 3.8) is 0 Å². The van der Waals surface area contributed by atoms with Gasteiger partial charge in [0.1, 0.15) is 11.6 Å². The van der Waals surface area contributed by atoms with Crippen molar-refractivity contribution in [1.29, 1.82) is 0 Å². The summed E-state index contributed by atoms with van der Waals surface area (Å²) < 4.78 is 31.2. The minimum absolute atomic E-state index is 0.308. The zero-order valence-corrected chi connectivity index (χ0v) is 79.9. The van der Waals surface area contributed by atoms with Gasteiger partial charge < -0.3 is 19.6 Å². The first kappa shape index (κ1) is 84.9. The topological polar surface area (TPSA) is 13.0 Å². The Morgan fingerprint density at radius 1 is 0.170 bits per heavy atom. The summed E-state index contributed by atoms with van der Waals surface area (Å²) >= 11 is 0. The fourth-order valence-electron chi connectivity index (χ4n) is 24.7. The molecule has 20 aromatic carbocycles. The molecule has 6 heteroatoms. The van der Waals surface area contributed by atoms with E-state index in [0.29, 0.717) is 0 Å². The summed E-state index contributed by atoms with van der Waals surface area (Å²) in [5, 5.41) is 0. The number of aryl methyl sites for hydroxylation is 12. The van der Waals surface area contributed by atoms with Crippen LogP contribution in [0.1, 0.15) is 134 Å². The Kier molecular flexibility index (Phi) is 20.1. The number of fused-ring (bicyclic) bond motifs is 12. The SMILES string of the molecule is Cc1ccc(C)c(C2(c3ccc4c(c3)CC4)c3ccccc3-c3ccc(N(c4ccccc4)c4ccc(-c5ccc(N(c6ccc(F)cc6)c6ccc7c(c6)C(c6ccc8c(c6)CC8)(c6cc(C)ccc6C)c6cc(N(c8ccc(F)cc8)c8ccc(-c9ccc(N(c%10ccccc%10)c%10ccc%11c(c%10)C(c%10ccc%12c(c%10)CC%12)(c%10cc(C)ccc%10C)c%10ccccc%10-%11)cc9)cc8)ccc6-7)cc5)cc4)cc32)c1. The molecule has 2 unspecified atom stereocenters. The Hall–Kier alpha value is -16.5. The molecule has 0 spiro atoms. The van der Waals surface area contributed by atoms with E-state index in [1.165, 1.54) is 134 Å². The van der Waals surface area contributed by atoms with Crippen molar-refractivity contribution in [2.24, 2.45) is 0 Å². The Labute approximate surface area is 824 Å². The van der Waals surface area contributed by atoms with Gasteiger partial charge in [0.05, 0.1) is 16.2 Å². The molecule has 6 aliphatic carbocycles. The molecule has 26 rings (SSSR count). The van der Waals surface area contributed by atoms with Crippen LogP contribution in [0, 0.1) is 53.2 Å². The van der Waals surface area contributed by atoms with E-state index in [-0.39, 0.29) is 11.6 Å². The quantitative estimate of drug-likeness (QED) is 0.0754. The Balaban J connectivity index is 0.554. The molecule has 0 radical (unpaired) electrons. The molecule has 0 amide bonds. The van der Waals surface area contributed by atoms with Gasteiger partial charge in [-0.05, 0) is 422 Å². The van der Waals surface area contributed by atoms with Gasteiger partial charge in [0.15, 0.2) is 0 Å². The fraction of sp³-hybridized carbons (Fsp3) is 0.111. The lowest BCUT2D eigenvalue weighted by molar-refractivity contribution is 0.627. The second-order valence-electron chi connectivity index (χ2n) is 39.8. The van der Waals surface area contributed by atoms with Crippen molar-refractivity contribution in [2.45, 2.75) is 96.3 Å².